The number of carbonyl (C=O) groups is 1. The van der Waals surface area contributed by atoms with Gasteiger partial charge in [0.15, 0.2) is 0 Å². The van der Waals surface area contributed by atoms with Crippen molar-refractivity contribution < 1.29 is 9.53 Å². The summed E-state index contributed by atoms with van der Waals surface area (Å²) in [6.45, 7) is 4.95. The zero-order valence-corrected chi connectivity index (χ0v) is 14.0. The minimum Gasteiger partial charge on any atom is -0.495 e. The highest BCUT2D eigenvalue weighted by Crippen LogP contribution is 2.25. The smallest absolute Gasteiger partial charge is 0.285 e. The van der Waals surface area contributed by atoms with Crippen molar-refractivity contribution in [2.45, 2.75) is 27.3 Å². The molecule has 0 aliphatic carbocycles. The molecule has 7 nitrogen and oxygen atoms in total. The molecule has 0 unspecified atom stereocenters. The molecular weight excluding hydrogens is 308 g/mol. The molecule has 1 N–H and O–H groups in total. The third kappa shape index (κ3) is 3.43. The number of aromatic nitrogens is 2. The fraction of sp³-hybridized carbons (Fsp3) is 0.294. The lowest BCUT2D eigenvalue weighted by Crippen LogP contribution is -2.32. The predicted molar refractivity (Wildman–Crippen MR) is 89.0 cm³/mol. The summed E-state index contributed by atoms with van der Waals surface area (Å²) in [5.74, 6) is 0.0905. The molecule has 0 saturated carbocycles. The minimum atomic E-state index is -0.577. The lowest BCUT2D eigenvalue weighted by Gasteiger charge is -2.12. The molecule has 0 fully saturated rings. The molecule has 0 saturated heterocycles. The number of nitriles is 1. The summed E-state index contributed by atoms with van der Waals surface area (Å²) in [6, 6.07) is 7.25. The molecular formula is C17H18N4O3. The Hall–Kier alpha value is -3.14. The molecule has 2 rings (SSSR count). The first-order valence-electron chi connectivity index (χ1n) is 7.30. The second-order valence-corrected chi connectivity index (χ2v) is 5.41. The molecule has 0 bridgehead atoms. The second kappa shape index (κ2) is 6.96. The molecule has 1 aromatic heterocycles. The molecule has 124 valence electrons. The van der Waals surface area contributed by atoms with Crippen LogP contribution in [0.3, 0.4) is 0 Å². The van der Waals surface area contributed by atoms with Crippen molar-refractivity contribution in [1.29, 1.82) is 5.26 Å². The maximum absolute atomic E-state index is 12.3. The van der Waals surface area contributed by atoms with E-state index in [4.69, 9.17) is 10.00 Å². The molecule has 2 aromatic rings. The first kappa shape index (κ1) is 17.2. The molecule has 0 atom stereocenters. The van der Waals surface area contributed by atoms with E-state index in [-0.39, 0.29) is 12.1 Å². The Kier molecular flexibility index (Phi) is 4.99. The van der Waals surface area contributed by atoms with E-state index >= 15 is 0 Å². The number of amides is 1. The van der Waals surface area contributed by atoms with Gasteiger partial charge in [0.25, 0.3) is 5.56 Å². The van der Waals surface area contributed by atoms with E-state index in [0.717, 1.165) is 10.2 Å². The number of benzene rings is 1. The van der Waals surface area contributed by atoms with Crippen LogP contribution in [0.5, 0.6) is 5.75 Å². The van der Waals surface area contributed by atoms with Gasteiger partial charge in [-0.05, 0) is 44.0 Å². The normalized spacial score (nSPS) is 10.1. The van der Waals surface area contributed by atoms with Gasteiger partial charge in [0.05, 0.1) is 18.5 Å². The Balaban J connectivity index is 2.29. The van der Waals surface area contributed by atoms with Crippen LogP contribution >= 0.6 is 0 Å². The molecule has 0 aliphatic heterocycles. The Bertz CT molecular complexity index is 894. The summed E-state index contributed by atoms with van der Waals surface area (Å²) in [5.41, 5.74) is 1.96. The number of aryl methyl sites for hydroxylation is 2. The average Bonchev–Trinajstić information content (AvgIpc) is 2.53. The first-order chi connectivity index (χ1) is 11.4. The highest BCUT2D eigenvalue weighted by molar-refractivity contribution is 5.92. The summed E-state index contributed by atoms with van der Waals surface area (Å²) in [7, 11) is 1.51. The molecule has 1 aromatic carbocycles. The van der Waals surface area contributed by atoms with Crippen LogP contribution in [0, 0.1) is 32.1 Å². The fourth-order valence-electron chi connectivity index (χ4n) is 2.26. The van der Waals surface area contributed by atoms with E-state index < -0.39 is 11.5 Å². The monoisotopic (exact) mass is 326 g/mol. The van der Waals surface area contributed by atoms with Gasteiger partial charge < -0.3 is 10.1 Å². The number of methoxy groups -OCH3 is 1. The number of rotatable bonds is 4. The summed E-state index contributed by atoms with van der Waals surface area (Å²) in [6.07, 6.45) is 0. The second-order valence-electron chi connectivity index (χ2n) is 5.41. The molecule has 24 heavy (non-hydrogen) atoms. The highest BCUT2D eigenvalue weighted by Gasteiger charge is 2.15. The lowest BCUT2D eigenvalue weighted by atomic mass is 10.1. The summed E-state index contributed by atoms with van der Waals surface area (Å²) in [4.78, 5) is 24.5. The van der Waals surface area contributed by atoms with E-state index in [2.05, 4.69) is 10.4 Å². The average molecular weight is 326 g/mol. The largest absolute Gasteiger partial charge is 0.495 e. The Labute approximate surface area is 139 Å². The van der Waals surface area contributed by atoms with Crippen LogP contribution in [-0.2, 0) is 11.3 Å². The molecule has 1 amide bonds. The third-order valence-electron chi connectivity index (χ3n) is 3.67. The van der Waals surface area contributed by atoms with Crippen LogP contribution in [-0.4, -0.2) is 22.8 Å². The summed E-state index contributed by atoms with van der Waals surface area (Å²) in [5, 5.41) is 15.9. The highest BCUT2D eigenvalue weighted by atomic mass is 16.5. The molecule has 0 radical (unpaired) electrons. The molecule has 0 spiro atoms. The van der Waals surface area contributed by atoms with Crippen LogP contribution in [0.15, 0.2) is 23.0 Å². The van der Waals surface area contributed by atoms with E-state index in [9.17, 15) is 9.59 Å². The van der Waals surface area contributed by atoms with Crippen LogP contribution in [0.1, 0.15) is 22.4 Å². The number of ether oxygens (including phenoxy) is 1. The van der Waals surface area contributed by atoms with Crippen LogP contribution in [0.2, 0.25) is 0 Å². The molecule has 0 aliphatic rings. The Morgan fingerprint density at radius 2 is 2.08 bits per heavy atom. The standard InChI is InChI=1S/C17H18N4O3/c1-10-5-6-15(24-4)14(7-10)19-16(22)9-21-17(23)13(8-18)11(2)12(3)20-21/h5-7H,9H2,1-4H3,(H,19,22). The first-order valence-corrected chi connectivity index (χ1v) is 7.30. The maximum Gasteiger partial charge on any atom is 0.285 e. The summed E-state index contributed by atoms with van der Waals surface area (Å²) < 4.78 is 6.20. The van der Waals surface area contributed by atoms with Crippen molar-refractivity contribution in [3.63, 3.8) is 0 Å². The van der Waals surface area contributed by atoms with Crippen molar-refractivity contribution in [2.75, 3.05) is 12.4 Å². The zero-order valence-electron chi connectivity index (χ0n) is 14.0. The minimum absolute atomic E-state index is 0.00318. The van der Waals surface area contributed by atoms with Crippen molar-refractivity contribution in [1.82, 2.24) is 9.78 Å². The van der Waals surface area contributed by atoms with Gasteiger partial charge in [0.1, 0.15) is 23.9 Å². The van der Waals surface area contributed by atoms with E-state index in [1.807, 2.05) is 19.1 Å². The molecule has 1 heterocycles. The van der Waals surface area contributed by atoms with Crippen LogP contribution in [0.4, 0.5) is 5.69 Å². The Morgan fingerprint density at radius 3 is 2.71 bits per heavy atom. The zero-order chi connectivity index (χ0) is 17.9. The lowest BCUT2D eigenvalue weighted by molar-refractivity contribution is -0.117. The van der Waals surface area contributed by atoms with Gasteiger partial charge >= 0.3 is 0 Å². The van der Waals surface area contributed by atoms with Crippen molar-refractivity contribution in [2.24, 2.45) is 0 Å². The van der Waals surface area contributed by atoms with Crippen molar-refractivity contribution >= 4 is 11.6 Å². The van der Waals surface area contributed by atoms with E-state index in [0.29, 0.717) is 22.7 Å². The Morgan fingerprint density at radius 1 is 1.38 bits per heavy atom. The third-order valence-corrected chi connectivity index (χ3v) is 3.67. The van der Waals surface area contributed by atoms with Gasteiger partial charge in [-0.2, -0.15) is 10.4 Å². The number of hydrogen-bond acceptors (Lipinski definition) is 5. The van der Waals surface area contributed by atoms with E-state index in [1.54, 1.807) is 26.0 Å². The quantitative estimate of drug-likeness (QED) is 0.922. The molecule has 7 heteroatoms. The maximum atomic E-state index is 12.3. The number of anilines is 1. The van der Waals surface area contributed by atoms with Crippen LogP contribution < -0.4 is 15.6 Å². The SMILES string of the molecule is COc1ccc(C)cc1NC(=O)Cn1nc(C)c(C)c(C#N)c1=O. The van der Waals surface area contributed by atoms with Crippen molar-refractivity contribution in [3.8, 4) is 11.8 Å². The van der Waals surface area contributed by atoms with Gasteiger partial charge in [-0.15, -0.1) is 0 Å². The van der Waals surface area contributed by atoms with Gasteiger partial charge in [-0.3, -0.25) is 9.59 Å². The van der Waals surface area contributed by atoms with Gasteiger partial charge in [0, 0.05) is 0 Å². The summed E-state index contributed by atoms with van der Waals surface area (Å²) >= 11 is 0. The number of carbonyl (C=O) groups excluding carboxylic acids is 1. The van der Waals surface area contributed by atoms with E-state index in [1.165, 1.54) is 7.11 Å². The van der Waals surface area contributed by atoms with Crippen LogP contribution in [0.25, 0.3) is 0 Å². The number of hydrogen-bond donors (Lipinski definition) is 1. The number of nitrogens with one attached hydrogen (secondary N) is 1. The van der Waals surface area contributed by atoms with Gasteiger partial charge in [-0.1, -0.05) is 6.07 Å². The topological polar surface area (TPSA) is 97.0 Å². The van der Waals surface area contributed by atoms with Crippen molar-refractivity contribution in [3.05, 3.63) is 50.9 Å². The van der Waals surface area contributed by atoms with Gasteiger partial charge in [-0.25, -0.2) is 4.68 Å². The number of nitrogens with zero attached hydrogens (tertiary/aromatic N) is 3. The fourth-order valence-corrected chi connectivity index (χ4v) is 2.26. The van der Waals surface area contributed by atoms with Gasteiger partial charge in [0.2, 0.25) is 5.91 Å². The predicted octanol–water partition coefficient (Wildman–Crippen LogP) is 1.69.